The Bertz CT molecular complexity index is 943. The number of amidine groups is 1. The number of thioether (sulfide) groups is 1. The van der Waals surface area contributed by atoms with Crippen molar-refractivity contribution < 1.29 is 13.9 Å². The van der Waals surface area contributed by atoms with Crippen LogP contribution in [0.25, 0.3) is 6.08 Å². The lowest BCUT2D eigenvalue weighted by Crippen LogP contribution is -2.35. The summed E-state index contributed by atoms with van der Waals surface area (Å²) in [6, 6.07) is 11.7. The molecule has 1 amide bonds. The molecule has 2 aliphatic rings. The summed E-state index contributed by atoms with van der Waals surface area (Å²) in [6.45, 7) is 3.02. The molecule has 0 bridgehead atoms. The second kappa shape index (κ2) is 8.34. The molecule has 152 valence electrons. The summed E-state index contributed by atoms with van der Waals surface area (Å²) < 4.78 is 11.3. The normalized spacial score (nSPS) is 20.2. The molecule has 7 nitrogen and oxygen atoms in total. The first-order valence-corrected chi connectivity index (χ1v) is 10.3. The van der Waals surface area contributed by atoms with Crippen molar-refractivity contribution in [2.45, 2.75) is 0 Å². The number of rotatable bonds is 4. The monoisotopic (exact) mass is 412 g/mol. The summed E-state index contributed by atoms with van der Waals surface area (Å²) in [5.41, 5.74) is 1.92. The van der Waals surface area contributed by atoms with Crippen LogP contribution in [0.5, 0.6) is 0 Å². The van der Waals surface area contributed by atoms with E-state index in [4.69, 9.17) is 9.15 Å². The minimum atomic E-state index is -0.0806. The first kappa shape index (κ1) is 19.6. The van der Waals surface area contributed by atoms with Gasteiger partial charge in [0.2, 0.25) is 0 Å². The molecule has 1 aromatic carbocycles. The molecule has 8 heteroatoms. The van der Waals surface area contributed by atoms with Crippen LogP contribution in [0.3, 0.4) is 0 Å². The number of anilines is 2. The molecule has 2 fully saturated rings. The first-order chi connectivity index (χ1) is 14.0. The molecule has 4 rings (SSSR count). The van der Waals surface area contributed by atoms with Gasteiger partial charge in [0, 0.05) is 52.1 Å². The molecule has 3 heterocycles. The predicted molar refractivity (Wildman–Crippen MR) is 118 cm³/mol. The number of morpholine rings is 1. The van der Waals surface area contributed by atoms with E-state index >= 15 is 0 Å². The zero-order valence-electron chi connectivity index (χ0n) is 16.8. The summed E-state index contributed by atoms with van der Waals surface area (Å²) in [5.74, 6) is 1.38. The zero-order chi connectivity index (χ0) is 20.4. The Morgan fingerprint density at radius 2 is 1.83 bits per heavy atom. The molecular formula is C21H24N4O3S. The summed E-state index contributed by atoms with van der Waals surface area (Å²) in [7, 11) is 5.73. The Balaban J connectivity index is 1.51. The number of ether oxygens (including phenoxy) is 1. The molecule has 0 aliphatic carbocycles. The van der Waals surface area contributed by atoms with Crippen molar-refractivity contribution in [2.75, 3.05) is 57.2 Å². The fourth-order valence-corrected chi connectivity index (χ4v) is 4.06. The van der Waals surface area contributed by atoms with Crippen LogP contribution < -0.4 is 9.80 Å². The van der Waals surface area contributed by atoms with E-state index in [9.17, 15) is 4.79 Å². The number of furan rings is 1. The van der Waals surface area contributed by atoms with Crippen molar-refractivity contribution in [3.05, 3.63) is 47.1 Å². The quantitative estimate of drug-likeness (QED) is 0.717. The standard InChI is InChI=1S/C21H24N4O3S/c1-23(2)16-6-4-15(5-7-16)22-21-24(3)20(26)18(29-21)14-17-8-9-19(28-17)25-10-12-27-13-11-25/h4-9,14H,10-13H2,1-3H3/b18-14-,22-21?. The molecule has 2 aromatic rings. The largest absolute Gasteiger partial charge is 0.441 e. The van der Waals surface area contributed by atoms with Crippen molar-refractivity contribution in [2.24, 2.45) is 4.99 Å². The van der Waals surface area contributed by atoms with Crippen molar-refractivity contribution >= 4 is 46.2 Å². The Labute approximate surface area is 174 Å². The second-order valence-electron chi connectivity index (χ2n) is 7.06. The fraction of sp³-hybridized carbons (Fsp3) is 0.333. The molecule has 2 saturated heterocycles. The SMILES string of the molecule is CN1C(=O)/C(=C/c2ccc(N3CCOCC3)o2)SC1=Nc1ccc(N(C)C)cc1. The van der Waals surface area contributed by atoms with Crippen LogP contribution >= 0.6 is 11.8 Å². The highest BCUT2D eigenvalue weighted by Gasteiger charge is 2.30. The van der Waals surface area contributed by atoms with Crippen molar-refractivity contribution in [1.29, 1.82) is 0 Å². The van der Waals surface area contributed by atoms with E-state index in [1.807, 2.05) is 55.4 Å². The number of carbonyl (C=O) groups is 1. The number of aliphatic imine (C=N–C) groups is 1. The van der Waals surface area contributed by atoms with E-state index in [2.05, 4.69) is 9.89 Å². The zero-order valence-corrected chi connectivity index (χ0v) is 17.6. The lowest BCUT2D eigenvalue weighted by Gasteiger charge is -2.26. The molecule has 0 atom stereocenters. The van der Waals surface area contributed by atoms with Gasteiger partial charge in [0.1, 0.15) is 5.76 Å². The maximum absolute atomic E-state index is 12.6. The van der Waals surface area contributed by atoms with Crippen molar-refractivity contribution in [3.8, 4) is 0 Å². The predicted octanol–water partition coefficient (Wildman–Crippen LogP) is 3.42. The van der Waals surface area contributed by atoms with Crippen molar-refractivity contribution in [1.82, 2.24) is 4.90 Å². The highest BCUT2D eigenvalue weighted by Crippen LogP contribution is 2.34. The Kier molecular flexibility index (Phi) is 5.64. The third kappa shape index (κ3) is 4.33. The molecule has 0 radical (unpaired) electrons. The summed E-state index contributed by atoms with van der Waals surface area (Å²) in [5, 5.41) is 0.652. The van der Waals surface area contributed by atoms with E-state index in [0.717, 1.165) is 30.3 Å². The molecule has 2 aliphatic heterocycles. The van der Waals surface area contributed by atoms with Gasteiger partial charge in [0.05, 0.1) is 23.8 Å². The summed E-state index contributed by atoms with van der Waals surface area (Å²) in [6.07, 6.45) is 1.78. The van der Waals surface area contributed by atoms with Gasteiger partial charge in [-0.2, -0.15) is 0 Å². The Morgan fingerprint density at radius 3 is 2.52 bits per heavy atom. The number of hydrogen-bond acceptors (Lipinski definition) is 7. The third-order valence-electron chi connectivity index (χ3n) is 4.80. The Hall–Kier alpha value is -2.71. The number of nitrogens with zero attached hydrogens (tertiary/aromatic N) is 4. The van der Waals surface area contributed by atoms with Crippen molar-refractivity contribution in [3.63, 3.8) is 0 Å². The van der Waals surface area contributed by atoms with E-state index in [1.165, 1.54) is 11.8 Å². The van der Waals surface area contributed by atoms with E-state index in [0.29, 0.717) is 29.0 Å². The molecule has 29 heavy (non-hydrogen) atoms. The molecule has 0 N–H and O–H groups in total. The first-order valence-electron chi connectivity index (χ1n) is 9.47. The van der Waals surface area contributed by atoms with E-state index < -0.39 is 0 Å². The minimum Gasteiger partial charge on any atom is -0.441 e. The summed E-state index contributed by atoms with van der Waals surface area (Å²) in [4.78, 5) is 23.6. The van der Waals surface area contributed by atoms with Gasteiger partial charge < -0.3 is 19.0 Å². The number of carbonyl (C=O) groups excluding carboxylic acids is 1. The van der Waals surface area contributed by atoms with Crippen LogP contribution in [0.2, 0.25) is 0 Å². The van der Waals surface area contributed by atoms with Gasteiger partial charge in [-0.05, 0) is 42.1 Å². The molecule has 1 aromatic heterocycles. The fourth-order valence-electron chi connectivity index (χ4n) is 3.09. The number of likely N-dealkylation sites (N-methyl/N-ethyl adjacent to an activating group) is 1. The van der Waals surface area contributed by atoms with E-state index in [1.54, 1.807) is 18.0 Å². The van der Waals surface area contributed by atoms with Crippen LogP contribution in [-0.4, -0.2) is 63.4 Å². The van der Waals surface area contributed by atoms with Crippen LogP contribution in [0.15, 0.2) is 50.7 Å². The van der Waals surface area contributed by atoms with Crippen LogP contribution in [0.4, 0.5) is 17.3 Å². The lowest BCUT2D eigenvalue weighted by molar-refractivity contribution is -0.121. The highest BCUT2D eigenvalue weighted by molar-refractivity contribution is 8.18. The lowest BCUT2D eigenvalue weighted by atomic mass is 10.3. The van der Waals surface area contributed by atoms with E-state index in [-0.39, 0.29) is 5.91 Å². The van der Waals surface area contributed by atoms with Gasteiger partial charge in [-0.15, -0.1) is 0 Å². The Morgan fingerprint density at radius 1 is 1.10 bits per heavy atom. The number of benzene rings is 1. The summed E-state index contributed by atoms with van der Waals surface area (Å²) >= 11 is 1.36. The topological polar surface area (TPSA) is 61.5 Å². The molecular weight excluding hydrogens is 388 g/mol. The van der Waals surface area contributed by atoms with Gasteiger partial charge >= 0.3 is 0 Å². The van der Waals surface area contributed by atoms with Gasteiger partial charge in [-0.1, -0.05) is 0 Å². The average Bonchev–Trinajstić information content (AvgIpc) is 3.30. The van der Waals surface area contributed by atoms with Gasteiger partial charge in [0.25, 0.3) is 5.91 Å². The average molecular weight is 413 g/mol. The van der Waals surface area contributed by atoms with Crippen LogP contribution in [-0.2, 0) is 9.53 Å². The molecule has 0 saturated carbocycles. The van der Waals surface area contributed by atoms with Gasteiger partial charge in [0.15, 0.2) is 11.1 Å². The third-order valence-corrected chi connectivity index (χ3v) is 5.86. The number of amides is 1. The smallest absolute Gasteiger partial charge is 0.266 e. The molecule has 0 unspecified atom stereocenters. The second-order valence-corrected chi connectivity index (χ2v) is 8.06. The minimum absolute atomic E-state index is 0.0806. The maximum atomic E-state index is 12.6. The highest BCUT2D eigenvalue weighted by atomic mass is 32.2. The van der Waals surface area contributed by atoms with Crippen LogP contribution in [0, 0.1) is 0 Å². The van der Waals surface area contributed by atoms with Gasteiger partial charge in [-0.3, -0.25) is 9.69 Å². The van der Waals surface area contributed by atoms with Gasteiger partial charge in [-0.25, -0.2) is 4.99 Å². The molecule has 0 spiro atoms. The van der Waals surface area contributed by atoms with Crippen LogP contribution in [0.1, 0.15) is 5.76 Å². The maximum Gasteiger partial charge on any atom is 0.266 e. The number of hydrogen-bond donors (Lipinski definition) is 0.